The zero-order valence-electron chi connectivity index (χ0n) is 10.2. The van der Waals surface area contributed by atoms with Crippen LogP contribution >= 0.6 is 0 Å². The van der Waals surface area contributed by atoms with Gasteiger partial charge < -0.3 is 0 Å². The molecular weight excluding hydrogens is 289 g/mol. The molecule has 0 atom stereocenters. The highest BCUT2D eigenvalue weighted by atomic mass is 32.2. The minimum absolute atomic E-state index is 0.155. The van der Waals surface area contributed by atoms with Crippen molar-refractivity contribution in [2.75, 3.05) is 12.3 Å². The Morgan fingerprint density at radius 3 is 2.37 bits per heavy atom. The number of alkyl halides is 3. The van der Waals surface area contributed by atoms with Gasteiger partial charge in [0.1, 0.15) is 0 Å². The van der Waals surface area contributed by atoms with Crippen molar-refractivity contribution in [3.05, 3.63) is 16.3 Å². The van der Waals surface area contributed by atoms with Gasteiger partial charge in [-0.25, -0.2) is 22.6 Å². The Morgan fingerprint density at radius 1 is 1.37 bits per heavy atom. The van der Waals surface area contributed by atoms with Crippen LogP contribution < -0.4 is 10.4 Å². The molecule has 0 spiro atoms. The van der Waals surface area contributed by atoms with E-state index >= 15 is 0 Å². The van der Waals surface area contributed by atoms with Crippen LogP contribution in [-0.2, 0) is 29.8 Å². The molecule has 0 aromatic carbocycles. The maximum absolute atomic E-state index is 12.5. The predicted octanol–water partition coefficient (Wildman–Crippen LogP) is -0.460. The summed E-state index contributed by atoms with van der Waals surface area (Å²) < 4.78 is 62.7. The first-order valence-corrected chi connectivity index (χ1v) is 6.92. The lowest BCUT2D eigenvalue weighted by molar-refractivity contribution is -0.147. The predicted molar refractivity (Wildman–Crippen MR) is 59.9 cm³/mol. The lowest BCUT2D eigenvalue weighted by Crippen LogP contribution is -2.32. The summed E-state index contributed by atoms with van der Waals surface area (Å²) in [5, 5.41) is 3.13. The van der Waals surface area contributed by atoms with Crippen LogP contribution in [0.15, 0.2) is 4.79 Å². The largest absolute Gasteiger partial charge is 0.451 e. The van der Waals surface area contributed by atoms with E-state index in [1.54, 1.807) is 0 Å². The van der Waals surface area contributed by atoms with Gasteiger partial charge in [0, 0.05) is 13.6 Å². The van der Waals surface area contributed by atoms with E-state index in [1.807, 2.05) is 0 Å². The first-order chi connectivity index (χ1) is 8.58. The van der Waals surface area contributed by atoms with Crippen molar-refractivity contribution in [3.63, 3.8) is 0 Å². The van der Waals surface area contributed by atoms with E-state index in [9.17, 15) is 26.4 Å². The summed E-state index contributed by atoms with van der Waals surface area (Å²) in [5.41, 5.74) is -0.956. The number of hydrogen-bond acceptors (Lipinski definition) is 4. The highest BCUT2D eigenvalue weighted by Gasteiger charge is 2.37. The monoisotopic (exact) mass is 302 g/mol. The van der Waals surface area contributed by atoms with E-state index in [4.69, 9.17) is 0 Å². The summed E-state index contributed by atoms with van der Waals surface area (Å²) in [7, 11) is -2.51. The molecule has 0 amide bonds. The molecule has 0 fully saturated rings. The molecular formula is C8H13F3N4O3S. The minimum atomic E-state index is -4.73. The molecule has 11 heteroatoms. The van der Waals surface area contributed by atoms with Crippen LogP contribution in [0.2, 0.25) is 0 Å². The average molecular weight is 302 g/mol. The molecule has 0 aliphatic rings. The van der Waals surface area contributed by atoms with Crippen molar-refractivity contribution < 1.29 is 21.6 Å². The van der Waals surface area contributed by atoms with E-state index in [0.717, 1.165) is 7.05 Å². The van der Waals surface area contributed by atoms with Gasteiger partial charge in [-0.1, -0.05) is 0 Å². The smallest absolute Gasteiger partial charge is 0.274 e. The van der Waals surface area contributed by atoms with Crippen molar-refractivity contribution in [2.45, 2.75) is 19.6 Å². The van der Waals surface area contributed by atoms with Crippen molar-refractivity contribution in [1.82, 2.24) is 19.1 Å². The third kappa shape index (κ3) is 3.80. The van der Waals surface area contributed by atoms with Gasteiger partial charge in [-0.05, 0) is 6.92 Å². The fraction of sp³-hybridized carbons (Fsp3) is 0.750. The molecule has 1 heterocycles. The van der Waals surface area contributed by atoms with Gasteiger partial charge in [0.15, 0.2) is 0 Å². The fourth-order valence-electron chi connectivity index (χ4n) is 1.29. The minimum Gasteiger partial charge on any atom is -0.274 e. The summed E-state index contributed by atoms with van der Waals surface area (Å²) in [6, 6.07) is 0. The van der Waals surface area contributed by atoms with E-state index in [-0.39, 0.29) is 18.8 Å². The average Bonchev–Trinajstić information content (AvgIpc) is 2.57. The van der Waals surface area contributed by atoms with Gasteiger partial charge in [-0.2, -0.15) is 13.2 Å². The van der Waals surface area contributed by atoms with Crippen LogP contribution in [0.3, 0.4) is 0 Å². The zero-order chi connectivity index (χ0) is 14.8. The molecule has 110 valence electrons. The van der Waals surface area contributed by atoms with Crippen LogP contribution in [0.25, 0.3) is 0 Å². The number of rotatable bonds is 5. The molecule has 0 saturated heterocycles. The number of halogens is 3. The standard InChI is InChI=1S/C8H13F3N4O3S/c1-3-19(17,18)12-4-5-15-7(16)14(2)6(13-15)8(9,10)11/h12H,3-5H2,1-2H3. The number of nitrogens with one attached hydrogen (secondary N) is 1. The quantitative estimate of drug-likeness (QED) is 0.797. The molecule has 19 heavy (non-hydrogen) atoms. The van der Waals surface area contributed by atoms with Crippen molar-refractivity contribution in [1.29, 1.82) is 0 Å². The van der Waals surface area contributed by atoms with Gasteiger partial charge in [0.2, 0.25) is 15.8 Å². The van der Waals surface area contributed by atoms with E-state index < -0.39 is 27.7 Å². The molecule has 0 bridgehead atoms. The number of aromatic nitrogens is 3. The third-order valence-electron chi connectivity index (χ3n) is 2.32. The Kier molecular flexibility index (Phi) is 4.40. The Labute approximate surface area is 107 Å². The molecule has 1 rings (SSSR count). The van der Waals surface area contributed by atoms with Crippen LogP contribution in [0.4, 0.5) is 13.2 Å². The van der Waals surface area contributed by atoms with Gasteiger partial charge in [-0.15, -0.1) is 5.10 Å². The molecule has 0 radical (unpaired) electrons. The molecule has 1 aromatic rings. The normalized spacial score (nSPS) is 12.9. The molecule has 0 saturated carbocycles. The number of hydrogen-bond donors (Lipinski definition) is 1. The highest BCUT2D eigenvalue weighted by Crippen LogP contribution is 2.25. The third-order valence-corrected chi connectivity index (χ3v) is 3.72. The van der Waals surface area contributed by atoms with Gasteiger partial charge in [0.25, 0.3) is 0 Å². The van der Waals surface area contributed by atoms with Gasteiger partial charge >= 0.3 is 11.9 Å². The number of nitrogens with zero attached hydrogens (tertiary/aromatic N) is 3. The fourth-order valence-corrected chi connectivity index (χ4v) is 1.90. The molecule has 0 aliphatic carbocycles. The highest BCUT2D eigenvalue weighted by molar-refractivity contribution is 7.89. The summed E-state index contributed by atoms with van der Waals surface area (Å²) in [6.07, 6.45) is -4.73. The van der Waals surface area contributed by atoms with E-state index in [0.29, 0.717) is 9.25 Å². The summed E-state index contributed by atoms with van der Waals surface area (Å²) in [5.74, 6) is -1.48. The molecule has 0 aliphatic heterocycles. The van der Waals surface area contributed by atoms with Crippen LogP contribution in [0.5, 0.6) is 0 Å². The second-order valence-corrected chi connectivity index (χ2v) is 5.78. The first kappa shape index (κ1) is 15.7. The molecule has 1 N–H and O–H groups in total. The lowest BCUT2D eigenvalue weighted by Gasteiger charge is -2.03. The van der Waals surface area contributed by atoms with Gasteiger partial charge in [0.05, 0.1) is 12.3 Å². The number of sulfonamides is 1. The second-order valence-electron chi connectivity index (χ2n) is 3.68. The van der Waals surface area contributed by atoms with Crippen molar-refractivity contribution >= 4 is 10.0 Å². The SMILES string of the molecule is CCS(=O)(=O)NCCn1nc(C(F)(F)F)n(C)c1=O. The van der Waals surface area contributed by atoms with Crippen molar-refractivity contribution in [2.24, 2.45) is 7.05 Å². The first-order valence-electron chi connectivity index (χ1n) is 5.27. The lowest BCUT2D eigenvalue weighted by atomic mass is 10.6. The molecule has 7 nitrogen and oxygen atoms in total. The van der Waals surface area contributed by atoms with Crippen molar-refractivity contribution in [3.8, 4) is 0 Å². The summed E-state index contributed by atoms with van der Waals surface area (Å²) in [6.45, 7) is 0.934. The van der Waals surface area contributed by atoms with E-state index in [2.05, 4.69) is 9.82 Å². The van der Waals surface area contributed by atoms with Crippen LogP contribution in [0.1, 0.15) is 12.7 Å². The Balaban J connectivity index is 2.85. The Bertz CT molecular complexity index is 602. The van der Waals surface area contributed by atoms with Gasteiger partial charge in [-0.3, -0.25) is 4.57 Å². The van der Waals surface area contributed by atoms with E-state index in [1.165, 1.54) is 6.92 Å². The topological polar surface area (TPSA) is 86.0 Å². The summed E-state index contributed by atoms with van der Waals surface area (Å²) in [4.78, 5) is 11.4. The Hall–Kier alpha value is -1.36. The molecule has 1 aromatic heterocycles. The maximum atomic E-state index is 12.5. The van der Waals surface area contributed by atoms with Crippen LogP contribution in [-0.4, -0.2) is 35.1 Å². The Morgan fingerprint density at radius 2 is 1.95 bits per heavy atom. The zero-order valence-corrected chi connectivity index (χ0v) is 11.0. The maximum Gasteiger partial charge on any atom is 0.451 e. The van der Waals surface area contributed by atoms with Crippen LogP contribution in [0, 0.1) is 0 Å². The second kappa shape index (κ2) is 5.33. The molecule has 0 unspecified atom stereocenters. The summed E-state index contributed by atoms with van der Waals surface area (Å²) >= 11 is 0.